The van der Waals surface area contributed by atoms with Crippen molar-refractivity contribution in [2.45, 2.75) is 64.9 Å². The predicted molar refractivity (Wildman–Crippen MR) is 142 cm³/mol. The summed E-state index contributed by atoms with van der Waals surface area (Å²) in [5, 5.41) is 1.22. The molecule has 0 heterocycles. The molecule has 0 aliphatic rings. The Morgan fingerprint density at radius 3 is 2.03 bits per heavy atom. The summed E-state index contributed by atoms with van der Waals surface area (Å²) >= 11 is 0. The average Bonchev–Trinajstić information content (AvgIpc) is 2.90. The quantitative estimate of drug-likeness (QED) is 0.132. The second-order valence-electron chi connectivity index (χ2n) is 9.60. The molecule has 6 heteroatoms. The van der Waals surface area contributed by atoms with Gasteiger partial charge < -0.3 is 4.74 Å². The van der Waals surface area contributed by atoms with Crippen molar-refractivity contribution in [3.63, 3.8) is 0 Å². The summed E-state index contributed by atoms with van der Waals surface area (Å²) in [6.45, 7) is -1.12. The van der Waals surface area contributed by atoms with E-state index < -0.39 is 24.0 Å². The Labute approximate surface area is 220 Å². The Morgan fingerprint density at radius 2 is 1.34 bits per heavy atom. The van der Waals surface area contributed by atoms with Gasteiger partial charge in [0.15, 0.2) is 17.4 Å². The molecular weight excluding hydrogens is 495 g/mol. The number of alkyl halides is 2. The van der Waals surface area contributed by atoms with E-state index in [2.05, 4.69) is 35.9 Å². The molecule has 4 aromatic carbocycles. The fourth-order valence-electron chi connectivity index (χ4n) is 4.74. The Morgan fingerprint density at radius 1 is 0.658 bits per heavy atom. The lowest BCUT2D eigenvalue weighted by atomic mass is 9.96. The van der Waals surface area contributed by atoms with Gasteiger partial charge >= 0.3 is 6.61 Å². The summed E-state index contributed by atoms with van der Waals surface area (Å²) in [6.07, 6.45) is 7.66. The molecular formula is C32H31F5O. The van der Waals surface area contributed by atoms with Crippen LogP contribution in [0.3, 0.4) is 0 Å². The normalized spacial score (nSPS) is 11.4. The first-order chi connectivity index (χ1) is 18.4. The molecule has 0 spiro atoms. The molecule has 0 aliphatic heterocycles. The van der Waals surface area contributed by atoms with Crippen LogP contribution in [0.25, 0.3) is 21.9 Å². The molecule has 0 atom stereocenters. The zero-order valence-electron chi connectivity index (χ0n) is 21.4. The van der Waals surface area contributed by atoms with Crippen molar-refractivity contribution < 1.29 is 26.7 Å². The summed E-state index contributed by atoms with van der Waals surface area (Å²) in [7, 11) is 0. The van der Waals surface area contributed by atoms with Crippen LogP contribution >= 0.6 is 0 Å². The highest BCUT2D eigenvalue weighted by Crippen LogP contribution is 2.30. The Bertz CT molecular complexity index is 1340. The van der Waals surface area contributed by atoms with Gasteiger partial charge in [0.1, 0.15) is 5.82 Å². The van der Waals surface area contributed by atoms with Crippen molar-refractivity contribution in [2.24, 2.45) is 0 Å². The van der Waals surface area contributed by atoms with Crippen LogP contribution in [0.4, 0.5) is 22.0 Å². The fourth-order valence-corrected chi connectivity index (χ4v) is 4.74. The zero-order valence-corrected chi connectivity index (χ0v) is 21.4. The summed E-state index contributed by atoms with van der Waals surface area (Å²) < 4.78 is 71.8. The van der Waals surface area contributed by atoms with Crippen molar-refractivity contribution in [1.29, 1.82) is 0 Å². The first kappa shape index (κ1) is 27.6. The minimum Gasteiger partial charge on any atom is -0.429 e. The average molecular weight is 527 g/mol. The van der Waals surface area contributed by atoms with E-state index in [1.165, 1.54) is 37.7 Å². The van der Waals surface area contributed by atoms with E-state index in [1.807, 2.05) is 18.2 Å². The van der Waals surface area contributed by atoms with Crippen LogP contribution in [0.5, 0.6) is 5.75 Å². The van der Waals surface area contributed by atoms with Crippen LogP contribution in [0, 0.1) is 17.5 Å². The highest BCUT2D eigenvalue weighted by molar-refractivity contribution is 5.88. The van der Waals surface area contributed by atoms with Gasteiger partial charge in [-0.1, -0.05) is 81.1 Å². The van der Waals surface area contributed by atoms with Crippen LogP contribution < -0.4 is 4.74 Å². The maximum Gasteiger partial charge on any atom is 0.387 e. The third-order valence-corrected chi connectivity index (χ3v) is 6.84. The molecule has 200 valence electrons. The number of hydrogen-bond donors (Lipinski definition) is 0. The van der Waals surface area contributed by atoms with Gasteiger partial charge in [-0.05, 0) is 77.1 Å². The molecule has 0 N–H and O–H groups in total. The van der Waals surface area contributed by atoms with Gasteiger partial charge in [0.05, 0.1) is 0 Å². The lowest BCUT2D eigenvalue weighted by molar-refractivity contribution is -0.0546. The van der Waals surface area contributed by atoms with Crippen molar-refractivity contribution in [3.05, 3.63) is 101 Å². The van der Waals surface area contributed by atoms with E-state index in [9.17, 15) is 17.6 Å². The summed E-state index contributed by atoms with van der Waals surface area (Å²) in [4.78, 5) is 0. The van der Waals surface area contributed by atoms with E-state index in [4.69, 9.17) is 0 Å². The predicted octanol–water partition coefficient (Wildman–Crippen LogP) is 9.82. The van der Waals surface area contributed by atoms with E-state index in [1.54, 1.807) is 12.1 Å². The maximum atomic E-state index is 15.3. The van der Waals surface area contributed by atoms with Gasteiger partial charge in [-0.2, -0.15) is 8.78 Å². The van der Waals surface area contributed by atoms with Crippen molar-refractivity contribution in [2.75, 3.05) is 0 Å². The highest BCUT2D eigenvalue weighted by atomic mass is 19.3. The number of unbranched alkanes of at least 4 members (excludes halogenated alkanes) is 4. The molecule has 0 unspecified atom stereocenters. The second-order valence-corrected chi connectivity index (χ2v) is 9.60. The van der Waals surface area contributed by atoms with Gasteiger partial charge in [0, 0.05) is 5.39 Å². The van der Waals surface area contributed by atoms with E-state index >= 15 is 4.39 Å². The lowest BCUT2D eigenvalue weighted by Gasteiger charge is -2.11. The van der Waals surface area contributed by atoms with Gasteiger partial charge in [-0.15, -0.1) is 0 Å². The first-order valence-corrected chi connectivity index (χ1v) is 13.1. The number of benzene rings is 4. The largest absolute Gasteiger partial charge is 0.429 e. The summed E-state index contributed by atoms with van der Waals surface area (Å²) in [6, 6.07) is 19.5. The molecule has 0 radical (unpaired) electrons. The maximum absolute atomic E-state index is 15.3. The molecule has 0 fully saturated rings. The van der Waals surface area contributed by atoms with Crippen molar-refractivity contribution in [3.8, 4) is 16.9 Å². The first-order valence-electron chi connectivity index (χ1n) is 13.1. The third-order valence-electron chi connectivity index (χ3n) is 6.84. The van der Waals surface area contributed by atoms with E-state index in [0.717, 1.165) is 35.1 Å². The molecule has 38 heavy (non-hydrogen) atoms. The highest BCUT2D eigenvalue weighted by Gasteiger charge is 2.17. The smallest absolute Gasteiger partial charge is 0.387 e. The Kier molecular flexibility index (Phi) is 9.38. The van der Waals surface area contributed by atoms with Crippen LogP contribution in [0.15, 0.2) is 66.7 Å². The molecule has 1 nitrogen and oxygen atoms in total. The monoisotopic (exact) mass is 526 g/mol. The zero-order chi connectivity index (χ0) is 27.1. The second kappa shape index (κ2) is 12.9. The minimum absolute atomic E-state index is 0.133. The third kappa shape index (κ3) is 6.91. The Balaban J connectivity index is 1.43. The minimum atomic E-state index is -3.33. The van der Waals surface area contributed by atoms with E-state index in [0.29, 0.717) is 10.9 Å². The summed E-state index contributed by atoms with van der Waals surface area (Å²) in [5.74, 6) is -3.93. The molecule has 0 bridgehead atoms. The van der Waals surface area contributed by atoms with Gasteiger partial charge in [-0.25, -0.2) is 13.2 Å². The fraction of sp³-hybridized carbons (Fsp3) is 0.312. The molecule has 0 amide bonds. The molecule has 4 rings (SSSR count). The van der Waals surface area contributed by atoms with Crippen molar-refractivity contribution >= 4 is 10.8 Å². The Hall–Kier alpha value is -3.41. The van der Waals surface area contributed by atoms with Gasteiger partial charge in [0.25, 0.3) is 0 Å². The SMILES string of the molecule is CCCCCCCc1ccc(-c2ccc3c(F)c(CCc4cc(F)c(OC(F)F)c(F)c4)ccc3c2)cc1. The molecule has 0 saturated carbocycles. The van der Waals surface area contributed by atoms with Crippen LogP contribution in [0.2, 0.25) is 0 Å². The molecule has 0 aromatic heterocycles. The van der Waals surface area contributed by atoms with Crippen LogP contribution in [-0.2, 0) is 19.3 Å². The number of rotatable bonds is 12. The molecule has 0 saturated heterocycles. The topological polar surface area (TPSA) is 9.23 Å². The summed E-state index contributed by atoms with van der Waals surface area (Å²) in [5.41, 5.74) is 4.01. The number of halogens is 5. The lowest BCUT2D eigenvalue weighted by Crippen LogP contribution is -2.06. The van der Waals surface area contributed by atoms with E-state index in [-0.39, 0.29) is 24.2 Å². The number of hydrogen-bond acceptors (Lipinski definition) is 1. The van der Waals surface area contributed by atoms with Crippen LogP contribution in [-0.4, -0.2) is 6.61 Å². The standard InChI is InChI=1S/C32H31F5O/c1-2-3-4-5-6-7-21-8-11-23(12-9-21)25-16-17-27-26(20-25)15-14-24(30(27)35)13-10-22-18-28(33)31(29(34)19-22)38-32(36)37/h8-9,11-12,14-20,32H,2-7,10,13H2,1H3. The van der Waals surface area contributed by atoms with Gasteiger partial charge in [-0.3, -0.25) is 0 Å². The number of aryl methyl sites for hydroxylation is 3. The van der Waals surface area contributed by atoms with Crippen molar-refractivity contribution in [1.82, 2.24) is 0 Å². The number of fused-ring (bicyclic) bond motifs is 1. The number of ether oxygens (including phenoxy) is 1. The molecule has 4 aromatic rings. The van der Waals surface area contributed by atoms with Crippen LogP contribution in [0.1, 0.15) is 55.7 Å². The van der Waals surface area contributed by atoms with Gasteiger partial charge in [0.2, 0.25) is 0 Å². The molecule has 0 aliphatic carbocycles.